The Bertz CT molecular complexity index is 526. The molecule has 0 aromatic heterocycles. The molecule has 3 N–H and O–H groups in total. The lowest BCUT2D eigenvalue weighted by atomic mass is 10.1. The van der Waals surface area contributed by atoms with Crippen LogP contribution in [0.25, 0.3) is 0 Å². The highest BCUT2D eigenvalue weighted by atomic mass is 31.2. The Morgan fingerprint density at radius 1 is 1.12 bits per heavy atom. The van der Waals surface area contributed by atoms with E-state index in [0.29, 0.717) is 19.3 Å². The molecule has 3 amide bonds. The molecule has 1 fully saturated rings. The summed E-state index contributed by atoms with van der Waals surface area (Å²) in [5, 5.41) is 2.61. The molecule has 0 unspecified atom stereocenters. The van der Waals surface area contributed by atoms with Crippen LogP contribution in [0.2, 0.25) is 0 Å². The van der Waals surface area contributed by atoms with E-state index in [9.17, 15) is 23.9 Å². The van der Waals surface area contributed by atoms with Crippen molar-refractivity contribution in [3.8, 4) is 0 Å². The molecule has 0 bridgehead atoms. The van der Waals surface area contributed by atoms with E-state index in [1.807, 2.05) is 0 Å². The first-order chi connectivity index (χ1) is 11.5. The molecule has 25 heavy (non-hydrogen) atoms. The predicted octanol–water partition coefficient (Wildman–Crippen LogP) is 1.78. The van der Waals surface area contributed by atoms with Gasteiger partial charge in [0.05, 0.1) is 0 Å². The van der Waals surface area contributed by atoms with Crippen LogP contribution >= 0.6 is 7.60 Å². The molecular weight excluding hydrogens is 351 g/mol. The van der Waals surface area contributed by atoms with E-state index >= 15 is 0 Å². The molecule has 1 heterocycles. The molecule has 0 aromatic rings. The summed E-state index contributed by atoms with van der Waals surface area (Å²) in [5.41, 5.74) is -2.82. The van der Waals surface area contributed by atoms with Gasteiger partial charge in [0.25, 0.3) is 11.4 Å². The van der Waals surface area contributed by atoms with Gasteiger partial charge in [-0.1, -0.05) is 6.42 Å². The van der Waals surface area contributed by atoms with E-state index in [4.69, 9.17) is 9.47 Å². The van der Waals surface area contributed by atoms with Crippen LogP contribution in [-0.4, -0.2) is 57.5 Å². The zero-order valence-corrected chi connectivity index (χ0v) is 16.2. The normalized spacial score (nSPS) is 17.9. The van der Waals surface area contributed by atoms with Gasteiger partial charge in [0.1, 0.15) is 5.54 Å². The van der Waals surface area contributed by atoms with E-state index in [1.165, 1.54) is 4.90 Å². The highest BCUT2D eigenvalue weighted by Crippen LogP contribution is 2.54. The fraction of sp³-hybridized carbons (Fsp3) is 0.867. The van der Waals surface area contributed by atoms with Gasteiger partial charge >= 0.3 is 13.6 Å². The lowest BCUT2D eigenvalue weighted by Gasteiger charge is -2.33. The molecule has 1 rings (SSSR count). The van der Waals surface area contributed by atoms with Crippen molar-refractivity contribution in [2.75, 3.05) is 19.8 Å². The molecule has 1 saturated heterocycles. The average Bonchev–Trinajstić information content (AvgIpc) is 2.67. The first kappa shape index (κ1) is 22.1. The van der Waals surface area contributed by atoms with Crippen molar-refractivity contribution in [2.45, 2.75) is 64.4 Å². The standard InChI is InChI=1S/C15H29N2O7P/c1-5-23-15(24-6-2,25(20,21)22)10-8-7-9-11-17-12(18)14(3,4)16-13(17)19/h5-11H2,1-4H3,(H,16,19)(H2,20,21,22). The number of urea groups is 1. The maximum atomic E-state index is 12.1. The summed E-state index contributed by atoms with van der Waals surface area (Å²) < 4.78 is 22.3. The highest BCUT2D eigenvalue weighted by Gasteiger charge is 2.49. The number of carbonyl (C=O) groups excluding carboxylic acids is 2. The van der Waals surface area contributed by atoms with Gasteiger partial charge in [-0.2, -0.15) is 0 Å². The average molecular weight is 380 g/mol. The maximum Gasteiger partial charge on any atom is 0.384 e. The Kier molecular flexibility index (Phi) is 7.58. The Hall–Kier alpha value is -0.990. The summed E-state index contributed by atoms with van der Waals surface area (Å²) in [6.45, 7) is 7.06. The molecule has 1 aliphatic rings. The molecule has 10 heteroatoms. The van der Waals surface area contributed by atoms with E-state index in [0.717, 1.165) is 0 Å². The second-order valence-corrected chi connectivity index (χ2v) is 8.21. The maximum absolute atomic E-state index is 12.1. The molecule has 0 spiro atoms. The summed E-state index contributed by atoms with van der Waals surface area (Å²) in [6.07, 6.45) is 1.56. The second-order valence-electron chi connectivity index (χ2n) is 6.45. The Morgan fingerprint density at radius 2 is 1.68 bits per heavy atom. The molecule has 9 nitrogen and oxygen atoms in total. The summed E-state index contributed by atoms with van der Waals surface area (Å²) in [4.78, 5) is 44.2. The van der Waals surface area contributed by atoms with Crippen LogP contribution in [0, 0.1) is 0 Å². The van der Waals surface area contributed by atoms with Crippen LogP contribution in [0.5, 0.6) is 0 Å². The van der Waals surface area contributed by atoms with Gasteiger partial charge in [-0.3, -0.25) is 14.3 Å². The molecule has 0 saturated carbocycles. The summed E-state index contributed by atoms with van der Waals surface area (Å²) in [7, 11) is -4.62. The Labute approximate surface area is 148 Å². The molecule has 1 aliphatic heterocycles. The predicted molar refractivity (Wildman–Crippen MR) is 90.8 cm³/mol. The van der Waals surface area contributed by atoms with Gasteiger partial charge in [-0.15, -0.1) is 0 Å². The van der Waals surface area contributed by atoms with Crippen LogP contribution in [0.15, 0.2) is 0 Å². The number of nitrogens with one attached hydrogen (secondary N) is 1. The van der Waals surface area contributed by atoms with E-state index < -0.39 is 24.7 Å². The van der Waals surface area contributed by atoms with Crippen LogP contribution in [0.4, 0.5) is 4.79 Å². The summed E-state index contributed by atoms with van der Waals surface area (Å²) in [5.74, 6) is -0.273. The minimum absolute atomic E-state index is 0.0323. The first-order valence-electron chi connectivity index (χ1n) is 8.48. The minimum atomic E-state index is -4.62. The van der Waals surface area contributed by atoms with Gasteiger partial charge in [0.2, 0.25) is 0 Å². The number of amides is 3. The number of rotatable bonds is 11. The van der Waals surface area contributed by atoms with E-state index in [-0.39, 0.29) is 32.1 Å². The smallest absolute Gasteiger partial charge is 0.340 e. The van der Waals surface area contributed by atoms with Crippen molar-refractivity contribution in [1.29, 1.82) is 0 Å². The van der Waals surface area contributed by atoms with Crippen molar-refractivity contribution < 1.29 is 33.4 Å². The molecule has 146 valence electrons. The number of carbonyl (C=O) groups is 2. The van der Waals surface area contributed by atoms with Crippen LogP contribution in [0.1, 0.15) is 53.4 Å². The molecule has 0 aliphatic carbocycles. The van der Waals surface area contributed by atoms with Crippen molar-refractivity contribution >= 4 is 19.5 Å². The summed E-state index contributed by atoms with van der Waals surface area (Å²) >= 11 is 0. The number of hydrogen-bond acceptors (Lipinski definition) is 5. The first-order valence-corrected chi connectivity index (χ1v) is 10.1. The molecule has 0 aromatic carbocycles. The van der Waals surface area contributed by atoms with Crippen LogP contribution < -0.4 is 5.32 Å². The van der Waals surface area contributed by atoms with Crippen molar-refractivity contribution in [3.05, 3.63) is 0 Å². The Morgan fingerprint density at radius 3 is 2.08 bits per heavy atom. The topological polar surface area (TPSA) is 125 Å². The van der Waals surface area contributed by atoms with Gasteiger partial charge in [0, 0.05) is 26.2 Å². The number of nitrogens with zero attached hydrogens (tertiary/aromatic N) is 1. The lowest BCUT2D eigenvalue weighted by Crippen LogP contribution is -2.40. The van der Waals surface area contributed by atoms with E-state index in [2.05, 4.69) is 5.32 Å². The molecule has 0 atom stereocenters. The van der Waals surface area contributed by atoms with Gasteiger partial charge in [0.15, 0.2) is 0 Å². The molecular formula is C15H29N2O7P. The van der Waals surface area contributed by atoms with Crippen LogP contribution in [-0.2, 0) is 18.8 Å². The third kappa shape index (κ3) is 5.24. The zero-order chi connectivity index (χ0) is 19.3. The lowest BCUT2D eigenvalue weighted by molar-refractivity contribution is -0.189. The fourth-order valence-electron chi connectivity index (χ4n) is 2.77. The monoisotopic (exact) mass is 380 g/mol. The summed E-state index contributed by atoms with van der Waals surface area (Å²) in [6, 6.07) is -0.414. The van der Waals surface area contributed by atoms with Gasteiger partial charge in [-0.25, -0.2) is 4.79 Å². The number of unbranched alkanes of at least 4 members (excludes halogenated alkanes) is 2. The molecule has 0 radical (unpaired) electrons. The number of hydrogen-bond donors (Lipinski definition) is 3. The van der Waals surface area contributed by atoms with Crippen molar-refractivity contribution in [3.63, 3.8) is 0 Å². The SMILES string of the molecule is CCOC(CCCCCN1C(=O)NC(C)(C)C1=O)(OCC)P(=O)(O)O. The largest absolute Gasteiger partial charge is 0.384 e. The third-order valence-corrected chi connectivity index (χ3v) is 5.37. The number of ether oxygens (including phenoxy) is 2. The van der Waals surface area contributed by atoms with E-state index in [1.54, 1.807) is 27.7 Å². The Balaban J connectivity index is 2.53. The quantitative estimate of drug-likeness (QED) is 0.216. The van der Waals surface area contributed by atoms with Crippen LogP contribution in [0.3, 0.4) is 0 Å². The number of imide groups is 1. The van der Waals surface area contributed by atoms with Gasteiger partial charge in [-0.05, 0) is 40.5 Å². The fourth-order valence-corrected chi connectivity index (χ4v) is 3.81. The second kappa shape index (κ2) is 8.60. The zero-order valence-electron chi connectivity index (χ0n) is 15.3. The van der Waals surface area contributed by atoms with Gasteiger partial charge < -0.3 is 24.6 Å². The highest BCUT2D eigenvalue weighted by molar-refractivity contribution is 7.53. The van der Waals surface area contributed by atoms with Crippen molar-refractivity contribution in [1.82, 2.24) is 10.2 Å². The van der Waals surface area contributed by atoms with Crippen molar-refractivity contribution in [2.24, 2.45) is 0 Å². The third-order valence-electron chi connectivity index (χ3n) is 4.00. The minimum Gasteiger partial charge on any atom is -0.340 e.